The maximum absolute atomic E-state index is 12.5. The topological polar surface area (TPSA) is 94.5 Å². The quantitative estimate of drug-likeness (QED) is 0.683. The third kappa shape index (κ3) is 3.18. The Morgan fingerprint density at radius 3 is 2.70 bits per heavy atom. The predicted molar refractivity (Wildman–Crippen MR) is 95.3 cm³/mol. The fourth-order valence-corrected chi connectivity index (χ4v) is 3.20. The fraction of sp³-hybridized carbons (Fsp3) is 0.368. The van der Waals surface area contributed by atoms with E-state index in [4.69, 9.17) is 13.8 Å². The first-order valence-electron chi connectivity index (χ1n) is 8.73. The van der Waals surface area contributed by atoms with Crippen molar-refractivity contribution in [2.45, 2.75) is 26.2 Å². The second kappa shape index (κ2) is 6.86. The molecule has 0 aliphatic carbocycles. The third-order valence-corrected chi connectivity index (χ3v) is 4.88. The van der Waals surface area contributed by atoms with Gasteiger partial charge in [0.15, 0.2) is 0 Å². The minimum Gasteiger partial charge on any atom is -0.496 e. The van der Waals surface area contributed by atoms with Crippen LogP contribution in [0.2, 0.25) is 0 Å². The van der Waals surface area contributed by atoms with E-state index in [-0.39, 0.29) is 11.8 Å². The zero-order chi connectivity index (χ0) is 19.0. The van der Waals surface area contributed by atoms with Crippen LogP contribution in [0.25, 0.3) is 11.4 Å². The molecule has 1 aromatic carbocycles. The summed E-state index contributed by atoms with van der Waals surface area (Å²) in [6, 6.07) is 7.52. The molecule has 1 fully saturated rings. The fourth-order valence-electron chi connectivity index (χ4n) is 3.20. The Kier molecular flexibility index (Phi) is 4.39. The van der Waals surface area contributed by atoms with E-state index in [2.05, 4.69) is 15.3 Å². The molecule has 1 amide bonds. The Morgan fingerprint density at radius 1 is 1.22 bits per heavy atom. The van der Waals surface area contributed by atoms with Crippen LogP contribution < -0.4 is 4.74 Å². The highest BCUT2D eigenvalue weighted by Gasteiger charge is 2.36. The van der Waals surface area contributed by atoms with Crippen molar-refractivity contribution in [2.24, 2.45) is 0 Å². The molecule has 27 heavy (non-hydrogen) atoms. The Hall–Kier alpha value is -3.16. The molecule has 3 aromatic rings. The monoisotopic (exact) mass is 368 g/mol. The highest BCUT2D eigenvalue weighted by Crippen LogP contribution is 2.31. The van der Waals surface area contributed by atoms with Crippen LogP contribution >= 0.6 is 0 Å². The molecule has 140 valence electrons. The summed E-state index contributed by atoms with van der Waals surface area (Å²) in [5, 5.41) is 7.95. The molecule has 4 rings (SSSR count). The van der Waals surface area contributed by atoms with E-state index in [1.54, 1.807) is 12.0 Å². The van der Waals surface area contributed by atoms with Crippen molar-refractivity contribution in [3.05, 3.63) is 47.2 Å². The first-order chi connectivity index (χ1) is 13.1. The molecule has 3 heterocycles. The Bertz CT molecular complexity index is 952. The zero-order valence-corrected chi connectivity index (χ0v) is 15.4. The number of carbonyl (C=O) groups excluding carboxylic acids is 1. The smallest absolute Gasteiger partial charge is 0.233 e. The maximum Gasteiger partial charge on any atom is 0.233 e. The molecule has 1 aliphatic heterocycles. The number of hydrogen-bond donors (Lipinski definition) is 0. The van der Waals surface area contributed by atoms with Crippen molar-refractivity contribution in [1.82, 2.24) is 20.2 Å². The van der Waals surface area contributed by atoms with Gasteiger partial charge >= 0.3 is 0 Å². The molecule has 0 radical (unpaired) electrons. The summed E-state index contributed by atoms with van der Waals surface area (Å²) >= 11 is 0. The van der Waals surface area contributed by atoms with Gasteiger partial charge in [-0.15, -0.1) is 0 Å². The van der Waals surface area contributed by atoms with E-state index < -0.39 is 0 Å². The molecule has 2 aromatic heterocycles. The summed E-state index contributed by atoms with van der Waals surface area (Å²) in [4.78, 5) is 18.7. The average Bonchev–Trinajstić information content (AvgIpc) is 3.23. The number of carbonyl (C=O) groups is 1. The Morgan fingerprint density at radius 2 is 2.00 bits per heavy atom. The number of likely N-dealkylation sites (tertiary alicyclic amines) is 1. The largest absolute Gasteiger partial charge is 0.496 e. The van der Waals surface area contributed by atoms with E-state index in [0.29, 0.717) is 42.7 Å². The number of hydrogen-bond acceptors (Lipinski definition) is 7. The van der Waals surface area contributed by atoms with Crippen molar-refractivity contribution < 1.29 is 18.6 Å². The van der Waals surface area contributed by atoms with Crippen LogP contribution in [-0.4, -0.2) is 46.3 Å². The third-order valence-electron chi connectivity index (χ3n) is 4.88. The molecule has 1 aliphatic rings. The number of methoxy groups -OCH3 is 1. The van der Waals surface area contributed by atoms with Crippen molar-refractivity contribution in [2.75, 3.05) is 20.2 Å². The Balaban J connectivity index is 1.40. The minimum absolute atomic E-state index is 0.0464. The highest BCUT2D eigenvalue weighted by molar-refractivity contribution is 5.80. The van der Waals surface area contributed by atoms with Crippen LogP contribution in [-0.2, 0) is 11.2 Å². The number of ether oxygens (including phenoxy) is 1. The summed E-state index contributed by atoms with van der Waals surface area (Å²) in [5.74, 6) is 2.51. The maximum atomic E-state index is 12.5. The summed E-state index contributed by atoms with van der Waals surface area (Å²) in [6.45, 7) is 4.79. The lowest BCUT2D eigenvalue weighted by Gasteiger charge is -2.37. The van der Waals surface area contributed by atoms with Crippen LogP contribution in [0.5, 0.6) is 5.75 Å². The molecular formula is C19H20N4O4. The lowest BCUT2D eigenvalue weighted by molar-refractivity contribution is -0.135. The van der Waals surface area contributed by atoms with Crippen LogP contribution in [0.1, 0.15) is 28.8 Å². The molecule has 8 nitrogen and oxygen atoms in total. The van der Waals surface area contributed by atoms with Crippen LogP contribution in [0, 0.1) is 13.8 Å². The van der Waals surface area contributed by atoms with Gasteiger partial charge < -0.3 is 18.7 Å². The highest BCUT2D eigenvalue weighted by atomic mass is 16.5. The van der Waals surface area contributed by atoms with Gasteiger partial charge in [-0.2, -0.15) is 4.98 Å². The molecule has 0 N–H and O–H groups in total. The first-order valence-corrected chi connectivity index (χ1v) is 8.73. The number of amides is 1. The average molecular weight is 368 g/mol. The standard InChI is InChI=1S/C19H20N4O4/c1-11-15(12(2)26-21-11)8-17(24)23-9-13(10-23)19-20-18(22-27-19)14-6-4-5-7-16(14)25-3/h4-7,13H,8-10H2,1-3H3. The van der Waals surface area contributed by atoms with Gasteiger partial charge in [0.25, 0.3) is 0 Å². The zero-order valence-electron chi connectivity index (χ0n) is 15.4. The van der Waals surface area contributed by atoms with E-state index in [9.17, 15) is 4.79 Å². The van der Waals surface area contributed by atoms with Gasteiger partial charge in [-0.25, -0.2) is 0 Å². The number of benzene rings is 1. The minimum atomic E-state index is 0.0464. The number of aromatic nitrogens is 3. The predicted octanol–water partition coefficient (Wildman–Crippen LogP) is 2.52. The van der Waals surface area contributed by atoms with Crippen molar-refractivity contribution in [3.63, 3.8) is 0 Å². The van der Waals surface area contributed by atoms with Gasteiger partial charge in [-0.3, -0.25) is 4.79 Å². The van der Waals surface area contributed by atoms with Gasteiger partial charge in [0.2, 0.25) is 17.6 Å². The normalized spacial score (nSPS) is 14.3. The molecular weight excluding hydrogens is 348 g/mol. The molecule has 0 atom stereocenters. The van der Waals surface area contributed by atoms with Crippen molar-refractivity contribution >= 4 is 5.91 Å². The molecule has 0 saturated carbocycles. The van der Waals surface area contributed by atoms with Crippen LogP contribution in [0.3, 0.4) is 0 Å². The summed E-state index contributed by atoms with van der Waals surface area (Å²) in [7, 11) is 1.61. The summed E-state index contributed by atoms with van der Waals surface area (Å²) in [5.41, 5.74) is 2.40. The second-order valence-electron chi connectivity index (χ2n) is 6.63. The number of rotatable bonds is 5. The van der Waals surface area contributed by atoms with E-state index in [0.717, 1.165) is 16.8 Å². The van der Waals surface area contributed by atoms with Gasteiger partial charge in [-0.05, 0) is 26.0 Å². The van der Waals surface area contributed by atoms with Crippen molar-refractivity contribution in [1.29, 1.82) is 0 Å². The molecule has 0 spiro atoms. The number of aryl methyl sites for hydroxylation is 2. The van der Waals surface area contributed by atoms with Gasteiger partial charge in [0.1, 0.15) is 11.5 Å². The van der Waals surface area contributed by atoms with E-state index >= 15 is 0 Å². The number of para-hydroxylation sites is 1. The summed E-state index contributed by atoms with van der Waals surface area (Å²) < 4.78 is 15.9. The number of nitrogens with zero attached hydrogens (tertiary/aromatic N) is 4. The molecule has 1 saturated heterocycles. The van der Waals surface area contributed by atoms with Crippen molar-refractivity contribution in [3.8, 4) is 17.1 Å². The molecule has 8 heteroatoms. The van der Waals surface area contributed by atoms with Gasteiger partial charge in [0, 0.05) is 18.7 Å². The van der Waals surface area contributed by atoms with E-state index in [1.165, 1.54) is 0 Å². The van der Waals surface area contributed by atoms with Gasteiger partial charge in [-0.1, -0.05) is 22.4 Å². The lowest BCUT2D eigenvalue weighted by Crippen LogP contribution is -2.49. The van der Waals surface area contributed by atoms with E-state index in [1.807, 2.05) is 38.1 Å². The second-order valence-corrected chi connectivity index (χ2v) is 6.63. The summed E-state index contributed by atoms with van der Waals surface area (Å²) in [6.07, 6.45) is 0.296. The van der Waals surface area contributed by atoms with Crippen LogP contribution in [0.4, 0.5) is 0 Å². The SMILES string of the molecule is COc1ccccc1-c1noc(C2CN(C(=O)Cc3c(C)noc3C)C2)n1. The first kappa shape index (κ1) is 17.3. The lowest BCUT2D eigenvalue weighted by atomic mass is 9.98. The molecule has 0 unspecified atom stereocenters. The Labute approximate surface area is 156 Å². The van der Waals surface area contributed by atoms with Gasteiger partial charge in [0.05, 0.1) is 30.7 Å². The van der Waals surface area contributed by atoms with Crippen LogP contribution in [0.15, 0.2) is 33.3 Å². The molecule has 0 bridgehead atoms.